The molecule has 0 amide bonds. The van der Waals surface area contributed by atoms with Gasteiger partial charge >= 0.3 is 0 Å². The standard InChI is InChI=1S/C12H25N/c1-4-6-12(7-5-2)10-13-8-11(3)9-13/h11-12H,4-10H2,1-3H3. The van der Waals surface area contributed by atoms with E-state index in [0.717, 1.165) is 11.8 Å². The molecule has 0 aromatic rings. The van der Waals surface area contributed by atoms with Gasteiger partial charge in [-0.25, -0.2) is 0 Å². The highest BCUT2D eigenvalue weighted by molar-refractivity contribution is 4.78. The molecule has 13 heavy (non-hydrogen) atoms. The third-order valence-corrected chi connectivity index (χ3v) is 3.05. The molecule has 78 valence electrons. The van der Waals surface area contributed by atoms with Crippen LogP contribution in [0, 0.1) is 11.8 Å². The summed E-state index contributed by atoms with van der Waals surface area (Å²) in [5.74, 6) is 1.94. The van der Waals surface area contributed by atoms with Crippen LogP contribution in [0.5, 0.6) is 0 Å². The van der Waals surface area contributed by atoms with Crippen molar-refractivity contribution in [3.8, 4) is 0 Å². The van der Waals surface area contributed by atoms with Gasteiger partial charge in [0.2, 0.25) is 0 Å². The van der Waals surface area contributed by atoms with Gasteiger partial charge in [0, 0.05) is 19.6 Å². The molecule has 1 fully saturated rings. The zero-order valence-corrected chi connectivity index (χ0v) is 9.55. The number of likely N-dealkylation sites (tertiary alicyclic amines) is 1. The third-order valence-electron chi connectivity index (χ3n) is 3.05. The van der Waals surface area contributed by atoms with E-state index < -0.39 is 0 Å². The fraction of sp³-hybridized carbons (Fsp3) is 1.00. The van der Waals surface area contributed by atoms with Gasteiger partial charge in [0.15, 0.2) is 0 Å². The summed E-state index contributed by atoms with van der Waals surface area (Å²) in [6.45, 7) is 11.0. The summed E-state index contributed by atoms with van der Waals surface area (Å²) < 4.78 is 0. The number of nitrogens with zero attached hydrogens (tertiary/aromatic N) is 1. The Morgan fingerprint density at radius 3 is 2.08 bits per heavy atom. The zero-order valence-electron chi connectivity index (χ0n) is 9.55. The maximum absolute atomic E-state index is 2.63. The number of rotatable bonds is 6. The summed E-state index contributed by atoms with van der Waals surface area (Å²) in [5.41, 5.74) is 0. The predicted octanol–water partition coefficient (Wildman–Crippen LogP) is 3.15. The second-order valence-corrected chi connectivity index (χ2v) is 4.77. The predicted molar refractivity (Wildman–Crippen MR) is 58.9 cm³/mol. The van der Waals surface area contributed by atoms with Crippen molar-refractivity contribution in [1.29, 1.82) is 0 Å². The van der Waals surface area contributed by atoms with Crippen LogP contribution in [0.15, 0.2) is 0 Å². The molecule has 1 rings (SSSR count). The Hall–Kier alpha value is -0.0400. The van der Waals surface area contributed by atoms with Gasteiger partial charge in [0.05, 0.1) is 0 Å². The van der Waals surface area contributed by atoms with Gasteiger partial charge in [-0.2, -0.15) is 0 Å². The van der Waals surface area contributed by atoms with Crippen LogP contribution in [0.4, 0.5) is 0 Å². The average Bonchev–Trinajstić information content (AvgIpc) is 2.02. The van der Waals surface area contributed by atoms with Gasteiger partial charge < -0.3 is 4.90 Å². The van der Waals surface area contributed by atoms with Crippen LogP contribution in [-0.2, 0) is 0 Å². The smallest absolute Gasteiger partial charge is 0.00195 e. The molecule has 0 aromatic heterocycles. The summed E-state index contributed by atoms with van der Waals surface area (Å²) in [5, 5.41) is 0. The van der Waals surface area contributed by atoms with Crippen molar-refractivity contribution < 1.29 is 0 Å². The minimum absolute atomic E-state index is 0.962. The van der Waals surface area contributed by atoms with Crippen molar-refractivity contribution >= 4 is 0 Å². The summed E-state index contributed by atoms with van der Waals surface area (Å²) >= 11 is 0. The second kappa shape index (κ2) is 5.64. The van der Waals surface area contributed by atoms with Crippen LogP contribution in [-0.4, -0.2) is 24.5 Å². The van der Waals surface area contributed by atoms with E-state index in [1.165, 1.54) is 45.3 Å². The topological polar surface area (TPSA) is 3.24 Å². The quantitative estimate of drug-likeness (QED) is 0.611. The van der Waals surface area contributed by atoms with Crippen molar-refractivity contribution in [3.05, 3.63) is 0 Å². The first-order chi connectivity index (χ1) is 6.26. The molecule has 0 atom stereocenters. The number of hydrogen-bond donors (Lipinski definition) is 0. The van der Waals surface area contributed by atoms with Crippen LogP contribution in [0.1, 0.15) is 46.5 Å². The summed E-state index contributed by atoms with van der Waals surface area (Å²) in [6, 6.07) is 0. The molecule has 1 saturated heterocycles. The van der Waals surface area contributed by atoms with Crippen LogP contribution >= 0.6 is 0 Å². The van der Waals surface area contributed by atoms with Crippen molar-refractivity contribution in [3.63, 3.8) is 0 Å². The van der Waals surface area contributed by atoms with Crippen LogP contribution in [0.3, 0.4) is 0 Å². The van der Waals surface area contributed by atoms with E-state index in [0.29, 0.717) is 0 Å². The highest BCUT2D eigenvalue weighted by Crippen LogP contribution is 2.21. The minimum atomic E-state index is 0.962. The Kier molecular flexibility index (Phi) is 4.79. The van der Waals surface area contributed by atoms with E-state index >= 15 is 0 Å². The molecule has 0 saturated carbocycles. The van der Waals surface area contributed by atoms with E-state index in [2.05, 4.69) is 25.7 Å². The van der Waals surface area contributed by atoms with Gasteiger partial charge in [0.25, 0.3) is 0 Å². The van der Waals surface area contributed by atoms with Crippen molar-refractivity contribution in [1.82, 2.24) is 4.90 Å². The Morgan fingerprint density at radius 2 is 1.69 bits per heavy atom. The SMILES string of the molecule is CCCC(CCC)CN1CC(C)C1. The Bertz CT molecular complexity index is 121. The van der Waals surface area contributed by atoms with Gasteiger partial charge in [0.1, 0.15) is 0 Å². The average molecular weight is 183 g/mol. The Morgan fingerprint density at radius 1 is 1.15 bits per heavy atom. The number of hydrogen-bond acceptors (Lipinski definition) is 1. The van der Waals surface area contributed by atoms with Crippen LogP contribution in [0.25, 0.3) is 0 Å². The molecule has 0 radical (unpaired) electrons. The van der Waals surface area contributed by atoms with Crippen molar-refractivity contribution in [2.24, 2.45) is 11.8 Å². The lowest BCUT2D eigenvalue weighted by molar-refractivity contribution is 0.0879. The zero-order chi connectivity index (χ0) is 9.68. The molecule has 0 unspecified atom stereocenters. The molecule has 0 bridgehead atoms. The highest BCUT2D eigenvalue weighted by atomic mass is 15.2. The molecule has 0 aromatic carbocycles. The molecule has 1 heterocycles. The summed E-state index contributed by atoms with van der Waals surface area (Å²) in [4.78, 5) is 2.63. The molecular weight excluding hydrogens is 158 g/mol. The highest BCUT2D eigenvalue weighted by Gasteiger charge is 2.24. The molecule has 1 nitrogen and oxygen atoms in total. The first-order valence-corrected chi connectivity index (χ1v) is 5.98. The first-order valence-electron chi connectivity index (χ1n) is 5.98. The van der Waals surface area contributed by atoms with E-state index in [1.54, 1.807) is 0 Å². The van der Waals surface area contributed by atoms with Crippen LogP contribution < -0.4 is 0 Å². The van der Waals surface area contributed by atoms with E-state index in [4.69, 9.17) is 0 Å². The molecule has 0 N–H and O–H groups in total. The van der Waals surface area contributed by atoms with E-state index in [9.17, 15) is 0 Å². The van der Waals surface area contributed by atoms with Gasteiger partial charge in [-0.3, -0.25) is 0 Å². The van der Waals surface area contributed by atoms with Crippen molar-refractivity contribution in [2.75, 3.05) is 19.6 Å². The maximum Gasteiger partial charge on any atom is 0.00195 e. The molecule has 1 heteroatoms. The fourth-order valence-corrected chi connectivity index (χ4v) is 2.49. The Labute approximate surface area is 83.5 Å². The lowest BCUT2D eigenvalue weighted by Crippen LogP contribution is -2.47. The maximum atomic E-state index is 2.63. The van der Waals surface area contributed by atoms with E-state index in [1.807, 2.05) is 0 Å². The second-order valence-electron chi connectivity index (χ2n) is 4.77. The molecular formula is C12H25N. The van der Waals surface area contributed by atoms with Gasteiger partial charge in [-0.05, 0) is 24.7 Å². The largest absolute Gasteiger partial charge is 0.302 e. The van der Waals surface area contributed by atoms with E-state index in [-0.39, 0.29) is 0 Å². The Balaban J connectivity index is 2.14. The monoisotopic (exact) mass is 183 g/mol. The summed E-state index contributed by atoms with van der Waals surface area (Å²) in [7, 11) is 0. The molecule has 0 aliphatic carbocycles. The fourth-order valence-electron chi connectivity index (χ4n) is 2.49. The van der Waals surface area contributed by atoms with Crippen LogP contribution in [0.2, 0.25) is 0 Å². The first kappa shape index (κ1) is 11.0. The third kappa shape index (κ3) is 3.68. The van der Waals surface area contributed by atoms with Gasteiger partial charge in [-0.15, -0.1) is 0 Å². The molecule has 0 spiro atoms. The lowest BCUT2D eigenvalue weighted by atomic mass is 9.94. The van der Waals surface area contributed by atoms with Crippen molar-refractivity contribution in [2.45, 2.75) is 46.5 Å². The molecule has 1 aliphatic heterocycles. The lowest BCUT2D eigenvalue weighted by Gasteiger charge is -2.39. The normalized spacial score (nSPS) is 19.4. The van der Waals surface area contributed by atoms with Gasteiger partial charge in [-0.1, -0.05) is 33.6 Å². The summed E-state index contributed by atoms with van der Waals surface area (Å²) in [6.07, 6.45) is 5.57. The minimum Gasteiger partial charge on any atom is -0.302 e. The molecule has 1 aliphatic rings.